The molecular weight excluding hydrogens is 572 g/mol. The third kappa shape index (κ3) is 6.05. The molecule has 4 rings (SSSR count). The molecule has 0 aliphatic heterocycles. The Kier molecular flexibility index (Phi) is 10.2. The summed E-state index contributed by atoms with van der Waals surface area (Å²) in [5, 5.41) is 12.4. The Morgan fingerprint density at radius 2 is 1.64 bits per heavy atom. The van der Waals surface area contributed by atoms with Gasteiger partial charge >= 0.3 is 17.9 Å². The predicted octanol–water partition coefficient (Wildman–Crippen LogP) is 4.76. The number of allylic oxidation sites excluding steroid dienone is 3. The molecule has 0 spiro atoms. The molecule has 0 heterocycles. The van der Waals surface area contributed by atoms with Gasteiger partial charge in [-0.25, -0.2) is 0 Å². The second-order valence-electron chi connectivity index (χ2n) is 15.3. The number of aliphatic hydroxyl groups is 1. The zero-order chi connectivity index (χ0) is 33.6. The number of carbonyl (C=O) groups is 3. The minimum absolute atomic E-state index is 0.0390. The van der Waals surface area contributed by atoms with Gasteiger partial charge in [0, 0.05) is 17.8 Å². The molecule has 2 unspecified atom stereocenters. The number of carbonyl (C=O) groups excluding carboxylic acids is 3. The maximum Gasteiger partial charge on any atom is 0.320 e. The van der Waals surface area contributed by atoms with Crippen LogP contribution in [0.25, 0.3) is 0 Å². The first-order valence-corrected chi connectivity index (χ1v) is 16.7. The maximum atomic E-state index is 12.7. The number of hydrogen-bond donors (Lipinski definition) is 3. The van der Waals surface area contributed by atoms with Crippen molar-refractivity contribution < 1.29 is 33.7 Å². The van der Waals surface area contributed by atoms with Crippen molar-refractivity contribution in [2.75, 3.05) is 13.1 Å². The number of fused-ring (bicyclic) bond motifs is 4. The Morgan fingerprint density at radius 1 is 1.02 bits per heavy atom. The largest absolute Gasteiger partial charge is 0.458 e. The summed E-state index contributed by atoms with van der Waals surface area (Å²) in [6.45, 7) is 20.0. The number of aliphatic hydroxyl groups excluding tert-OH is 1. The van der Waals surface area contributed by atoms with Crippen LogP contribution in [0.15, 0.2) is 34.9 Å². The molecular formula is C36H56N2O7. The zero-order valence-corrected chi connectivity index (χ0v) is 28.6. The monoisotopic (exact) mass is 628 g/mol. The van der Waals surface area contributed by atoms with Gasteiger partial charge < -0.3 is 30.8 Å². The lowest BCUT2D eigenvalue weighted by Crippen LogP contribution is -2.64. The van der Waals surface area contributed by atoms with E-state index in [0.29, 0.717) is 18.3 Å². The van der Waals surface area contributed by atoms with E-state index in [2.05, 4.69) is 47.3 Å². The molecule has 0 aromatic carbocycles. The molecule has 1 saturated carbocycles. The summed E-state index contributed by atoms with van der Waals surface area (Å²) in [7, 11) is 0. The average Bonchev–Trinajstić information content (AvgIpc) is 3.32. The van der Waals surface area contributed by atoms with Crippen LogP contribution in [0.4, 0.5) is 0 Å². The van der Waals surface area contributed by atoms with E-state index in [1.54, 1.807) is 0 Å². The topological polar surface area (TPSA) is 151 Å². The fourth-order valence-electron chi connectivity index (χ4n) is 9.75. The molecule has 45 heavy (non-hydrogen) atoms. The number of rotatable bonds is 10. The summed E-state index contributed by atoms with van der Waals surface area (Å²) in [6.07, 6.45) is 3.53. The van der Waals surface area contributed by atoms with E-state index in [-0.39, 0.29) is 24.9 Å². The van der Waals surface area contributed by atoms with E-state index in [1.165, 1.54) is 18.1 Å². The second-order valence-corrected chi connectivity index (χ2v) is 15.3. The molecule has 0 saturated heterocycles. The lowest BCUT2D eigenvalue weighted by molar-refractivity contribution is -0.208. The Balaban J connectivity index is 1.81. The molecule has 9 atom stereocenters. The van der Waals surface area contributed by atoms with E-state index in [0.717, 1.165) is 43.3 Å². The van der Waals surface area contributed by atoms with Gasteiger partial charge in [0.15, 0.2) is 0 Å². The van der Waals surface area contributed by atoms with E-state index < -0.39 is 58.6 Å². The minimum atomic E-state index is -1.05. The number of nitrogens with two attached hydrogens (primary N) is 2. The standard InChI is InChI=1S/C36H56N2O7/c1-19(2)20(3)10-11-21(4)24-13-14-25-23-12-15-27-34(6,7)32(45-29(41)18-38)26(44-28(40)17-37)16-35(27,8)30(23)31(42)33(36(24,25)9)43-22(5)39/h14,19,21,24,26-27,31-33,42H,3,10-13,15-18,37-38H2,1-2,4-9H3/t21-,24-,26-,27+,31-,32+,33+,35?,36?/m1/s1. The van der Waals surface area contributed by atoms with Crippen LogP contribution >= 0.6 is 0 Å². The Bertz CT molecular complexity index is 1270. The van der Waals surface area contributed by atoms with Gasteiger partial charge in [-0.2, -0.15) is 0 Å². The van der Waals surface area contributed by atoms with Gasteiger partial charge in [-0.3, -0.25) is 14.4 Å². The molecule has 0 amide bonds. The first kappa shape index (κ1) is 35.4. The highest BCUT2D eigenvalue weighted by atomic mass is 16.6. The SMILES string of the molecule is C=C(CC[C@@H](C)[C@H]1CC=C2C3=C([C@@H](O)[C@H](OC(C)=O)C21C)C1(C)C[C@@H](OC(=O)CN)[C@H](OC(=O)CN)C(C)(C)[C@@H]1CC3)C(C)C. The van der Waals surface area contributed by atoms with Crippen molar-refractivity contribution in [3.05, 3.63) is 34.9 Å². The van der Waals surface area contributed by atoms with Gasteiger partial charge in [0.2, 0.25) is 0 Å². The van der Waals surface area contributed by atoms with Gasteiger partial charge in [0.05, 0.1) is 13.1 Å². The fraction of sp³-hybridized carbons (Fsp3) is 0.750. The minimum Gasteiger partial charge on any atom is -0.458 e. The highest BCUT2D eigenvalue weighted by Crippen LogP contribution is 2.67. The predicted molar refractivity (Wildman–Crippen MR) is 172 cm³/mol. The van der Waals surface area contributed by atoms with Crippen molar-refractivity contribution in [2.45, 2.75) is 118 Å². The lowest BCUT2D eigenvalue weighted by atomic mass is 9.45. The number of hydrogen-bond acceptors (Lipinski definition) is 9. The molecule has 0 aromatic heterocycles. The van der Waals surface area contributed by atoms with Crippen LogP contribution in [0.3, 0.4) is 0 Å². The molecule has 4 aliphatic rings. The summed E-state index contributed by atoms with van der Waals surface area (Å²) in [5.41, 5.74) is 13.8. The van der Waals surface area contributed by atoms with Gasteiger partial charge in [0.25, 0.3) is 0 Å². The fourth-order valence-corrected chi connectivity index (χ4v) is 9.75. The quantitative estimate of drug-likeness (QED) is 0.177. The van der Waals surface area contributed by atoms with Crippen molar-refractivity contribution in [1.82, 2.24) is 0 Å². The molecule has 5 N–H and O–H groups in total. The molecule has 252 valence electrons. The van der Waals surface area contributed by atoms with Gasteiger partial charge in [0.1, 0.15) is 24.4 Å². The zero-order valence-electron chi connectivity index (χ0n) is 28.6. The summed E-state index contributed by atoms with van der Waals surface area (Å²) in [4.78, 5) is 37.7. The summed E-state index contributed by atoms with van der Waals surface area (Å²) in [5.74, 6) is -0.731. The Labute approximate surface area is 269 Å². The Morgan fingerprint density at radius 3 is 2.22 bits per heavy atom. The second kappa shape index (κ2) is 13.0. The molecule has 9 heteroatoms. The third-order valence-electron chi connectivity index (χ3n) is 12.0. The smallest absolute Gasteiger partial charge is 0.320 e. The van der Waals surface area contributed by atoms with Crippen molar-refractivity contribution in [3.63, 3.8) is 0 Å². The molecule has 4 aliphatic carbocycles. The van der Waals surface area contributed by atoms with Gasteiger partial charge in [-0.05, 0) is 84.3 Å². The van der Waals surface area contributed by atoms with E-state index >= 15 is 0 Å². The number of ether oxygens (including phenoxy) is 3. The first-order chi connectivity index (χ1) is 20.9. The molecule has 1 fully saturated rings. The van der Waals surface area contributed by atoms with Crippen LogP contribution in [0.5, 0.6) is 0 Å². The van der Waals surface area contributed by atoms with Crippen molar-refractivity contribution in [2.24, 2.45) is 51.4 Å². The lowest BCUT2D eigenvalue weighted by Gasteiger charge is -2.62. The van der Waals surface area contributed by atoms with E-state index in [4.69, 9.17) is 25.7 Å². The van der Waals surface area contributed by atoms with E-state index in [9.17, 15) is 19.5 Å². The van der Waals surface area contributed by atoms with Crippen LogP contribution in [-0.4, -0.2) is 60.5 Å². The summed E-state index contributed by atoms with van der Waals surface area (Å²) in [6, 6.07) is 0. The highest BCUT2D eigenvalue weighted by Gasteiger charge is 2.66. The maximum absolute atomic E-state index is 12.7. The molecule has 0 aromatic rings. The summed E-state index contributed by atoms with van der Waals surface area (Å²) < 4.78 is 17.9. The van der Waals surface area contributed by atoms with Gasteiger partial charge in [-0.1, -0.05) is 66.7 Å². The van der Waals surface area contributed by atoms with Crippen molar-refractivity contribution >= 4 is 17.9 Å². The van der Waals surface area contributed by atoms with Gasteiger partial charge in [-0.15, -0.1) is 0 Å². The van der Waals surface area contributed by atoms with Crippen LogP contribution in [0.2, 0.25) is 0 Å². The van der Waals surface area contributed by atoms with Crippen LogP contribution < -0.4 is 11.5 Å². The first-order valence-electron chi connectivity index (χ1n) is 16.7. The molecule has 0 radical (unpaired) electrons. The Hall–Kier alpha value is -2.49. The van der Waals surface area contributed by atoms with Crippen LogP contribution in [0, 0.1) is 39.9 Å². The third-order valence-corrected chi connectivity index (χ3v) is 12.0. The van der Waals surface area contributed by atoms with Crippen molar-refractivity contribution in [3.8, 4) is 0 Å². The number of esters is 3. The molecule has 0 bridgehead atoms. The van der Waals surface area contributed by atoms with Crippen LogP contribution in [0.1, 0.15) is 93.9 Å². The highest BCUT2D eigenvalue weighted by molar-refractivity contribution is 5.73. The summed E-state index contributed by atoms with van der Waals surface area (Å²) >= 11 is 0. The normalized spacial score (nSPS) is 35.9. The van der Waals surface area contributed by atoms with E-state index in [1.807, 2.05) is 13.8 Å². The van der Waals surface area contributed by atoms with Crippen LogP contribution in [-0.2, 0) is 28.6 Å². The molecule has 9 nitrogen and oxygen atoms in total. The average molecular weight is 629 g/mol. The van der Waals surface area contributed by atoms with Crippen molar-refractivity contribution in [1.29, 1.82) is 0 Å².